The van der Waals surface area contributed by atoms with Gasteiger partial charge in [-0.2, -0.15) is 15.3 Å². The Balaban J connectivity index is 0.000000170. The first-order valence-corrected chi connectivity index (χ1v) is 19.9. The Morgan fingerprint density at radius 2 is 0.952 bits per heavy atom. The molecular weight excluding hydrogens is 920 g/mol. The second-order valence-electron chi connectivity index (χ2n) is 13.3. The van der Waals surface area contributed by atoms with Gasteiger partial charge in [0.25, 0.3) is 11.8 Å². The molecule has 326 valence electrons. The van der Waals surface area contributed by atoms with Crippen LogP contribution in [0.3, 0.4) is 0 Å². The van der Waals surface area contributed by atoms with Crippen LogP contribution in [0, 0.1) is 20.8 Å². The highest BCUT2D eigenvalue weighted by molar-refractivity contribution is 6.39. The lowest BCUT2D eigenvalue weighted by atomic mass is 10.2. The molecule has 0 bridgehead atoms. The van der Waals surface area contributed by atoms with Crippen molar-refractivity contribution in [1.82, 2.24) is 49.6 Å². The number of carboxylic acid groups (broad SMARTS) is 1. The summed E-state index contributed by atoms with van der Waals surface area (Å²) in [7, 11) is 5.24. The molecular formula is C40H36Cl5N13O5. The first kappa shape index (κ1) is 47.5. The molecule has 6 heterocycles. The van der Waals surface area contributed by atoms with E-state index in [1.165, 1.54) is 18.6 Å². The maximum absolute atomic E-state index is 12.3. The predicted octanol–water partition coefficient (Wildman–Crippen LogP) is 8.12. The number of urea groups is 1. The van der Waals surface area contributed by atoms with Crippen molar-refractivity contribution in [1.29, 1.82) is 0 Å². The molecule has 0 fully saturated rings. The number of aromatic carboxylic acids is 1. The van der Waals surface area contributed by atoms with Gasteiger partial charge >= 0.3 is 12.0 Å². The number of aromatic nitrogens is 9. The fourth-order valence-electron chi connectivity index (χ4n) is 5.91. The van der Waals surface area contributed by atoms with E-state index < -0.39 is 23.8 Å². The third kappa shape index (κ3) is 10.9. The molecule has 6 aromatic heterocycles. The normalized spacial score (nSPS) is 10.6. The van der Waals surface area contributed by atoms with Gasteiger partial charge in [0.05, 0.1) is 65.0 Å². The number of nitrogen functional groups attached to an aromatic ring is 1. The topological polar surface area (TPSA) is 257 Å². The fraction of sp³-hybridized carbons (Fsp3) is 0.150. The number of nitrogens with one attached hydrogen (secondary N) is 2. The number of rotatable bonds is 4. The van der Waals surface area contributed by atoms with Crippen LogP contribution in [0.25, 0.3) is 33.1 Å². The lowest BCUT2D eigenvalue weighted by Crippen LogP contribution is -2.34. The zero-order chi connectivity index (χ0) is 46.4. The molecule has 0 aliphatic carbocycles. The number of fused-ring (bicyclic) bond motifs is 3. The third-order valence-electron chi connectivity index (χ3n) is 8.83. The van der Waals surface area contributed by atoms with Crippen LogP contribution in [0.4, 0.5) is 16.2 Å². The molecule has 0 unspecified atom stereocenters. The van der Waals surface area contributed by atoms with Crippen molar-refractivity contribution in [3.8, 4) is 0 Å². The molecule has 0 aliphatic heterocycles. The second-order valence-corrected chi connectivity index (χ2v) is 15.3. The molecule has 2 aromatic carbocycles. The van der Waals surface area contributed by atoms with Gasteiger partial charge in [-0.3, -0.25) is 29.0 Å². The number of aryl methyl sites for hydroxylation is 6. The molecule has 0 saturated heterocycles. The Bertz CT molecular complexity index is 2920. The summed E-state index contributed by atoms with van der Waals surface area (Å²) in [6.07, 6.45) is 3.93. The molecule has 8 rings (SSSR count). The van der Waals surface area contributed by atoms with Crippen LogP contribution >= 0.6 is 58.0 Å². The van der Waals surface area contributed by atoms with E-state index in [1.807, 2.05) is 0 Å². The van der Waals surface area contributed by atoms with Crippen molar-refractivity contribution in [3.05, 3.63) is 126 Å². The number of hydrogen-bond acceptors (Lipinski definition) is 11. The van der Waals surface area contributed by atoms with Crippen LogP contribution in [-0.4, -0.2) is 73.2 Å². The number of imide groups is 1. The molecule has 18 nitrogen and oxygen atoms in total. The summed E-state index contributed by atoms with van der Waals surface area (Å²) in [5.41, 5.74) is 15.9. The highest BCUT2D eigenvalue weighted by Crippen LogP contribution is 2.30. The number of carboxylic acids is 1. The monoisotopic (exact) mass is 953 g/mol. The molecule has 23 heteroatoms. The van der Waals surface area contributed by atoms with Gasteiger partial charge in [0, 0.05) is 61.2 Å². The highest BCUT2D eigenvalue weighted by Gasteiger charge is 2.21. The van der Waals surface area contributed by atoms with E-state index in [0.29, 0.717) is 60.2 Å². The Morgan fingerprint density at radius 3 is 1.35 bits per heavy atom. The molecule has 63 heavy (non-hydrogen) atoms. The van der Waals surface area contributed by atoms with E-state index in [2.05, 4.69) is 40.9 Å². The number of carbonyl (C=O) groups is 4. The number of halogens is 5. The van der Waals surface area contributed by atoms with Crippen molar-refractivity contribution in [3.63, 3.8) is 0 Å². The molecule has 0 aliphatic rings. The van der Waals surface area contributed by atoms with Gasteiger partial charge in [-0.1, -0.05) is 58.0 Å². The minimum absolute atomic E-state index is 0.000247. The van der Waals surface area contributed by atoms with Crippen molar-refractivity contribution < 1.29 is 24.3 Å². The zero-order valence-corrected chi connectivity index (χ0v) is 37.8. The van der Waals surface area contributed by atoms with E-state index in [1.54, 1.807) is 104 Å². The minimum atomic E-state index is -1.09. The quantitative estimate of drug-likeness (QED) is 0.105. The smallest absolute Gasteiger partial charge is 0.338 e. The van der Waals surface area contributed by atoms with E-state index in [0.717, 1.165) is 16.4 Å². The van der Waals surface area contributed by atoms with Crippen LogP contribution in [0.2, 0.25) is 25.1 Å². The molecule has 0 saturated carbocycles. The van der Waals surface area contributed by atoms with Gasteiger partial charge < -0.3 is 21.9 Å². The number of hydrogen-bond donors (Lipinski definition) is 5. The van der Waals surface area contributed by atoms with E-state index in [4.69, 9.17) is 74.6 Å². The van der Waals surface area contributed by atoms with Crippen LogP contribution in [0.1, 0.15) is 48.2 Å². The van der Waals surface area contributed by atoms with Gasteiger partial charge in [0.2, 0.25) is 0 Å². The van der Waals surface area contributed by atoms with Gasteiger partial charge in [-0.05, 0) is 69.3 Å². The van der Waals surface area contributed by atoms with Gasteiger partial charge in [-0.25, -0.2) is 24.5 Å². The van der Waals surface area contributed by atoms with Crippen molar-refractivity contribution in [2.24, 2.45) is 26.9 Å². The van der Waals surface area contributed by atoms with Crippen molar-refractivity contribution in [2.45, 2.75) is 20.8 Å². The Kier molecular flexibility index (Phi) is 15.1. The predicted molar refractivity (Wildman–Crippen MR) is 244 cm³/mol. The van der Waals surface area contributed by atoms with Gasteiger partial charge in [0.15, 0.2) is 16.9 Å². The Morgan fingerprint density at radius 1 is 0.587 bits per heavy atom. The van der Waals surface area contributed by atoms with Crippen molar-refractivity contribution >= 4 is 126 Å². The molecule has 4 amide bonds. The number of amides is 4. The SMILES string of the molecule is Cc1nn(C)c2ncc(C(=O)NC(=O)Nc3ccc(Cl)cc3)c(Cl)c12.Cc1nn(C)c2ncc(C(=O)O)c(Cl)c12.Cc1nn(C)c2ncc(C(N)=O)c(Cl)c12.Nc1ccc(Cl)cc1. The minimum Gasteiger partial charge on any atom is -0.478 e. The Labute approximate surface area is 383 Å². The summed E-state index contributed by atoms with van der Waals surface area (Å²) in [6.45, 7) is 5.34. The number of carbonyl (C=O) groups excluding carboxylic acids is 3. The molecule has 7 N–H and O–H groups in total. The number of primary amides is 1. The van der Waals surface area contributed by atoms with E-state index in [9.17, 15) is 19.2 Å². The fourth-order valence-corrected chi connectivity index (χ4v) is 7.23. The molecule has 0 atom stereocenters. The van der Waals surface area contributed by atoms with Gasteiger partial charge in [-0.15, -0.1) is 0 Å². The average Bonchev–Trinajstić information content (AvgIpc) is 3.81. The summed E-state index contributed by atoms with van der Waals surface area (Å²) in [5.74, 6) is -2.33. The number of benzene rings is 2. The third-order valence-corrected chi connectivity index (χ3v) is 10.5. The Hall–Kier alpha value is -6.57. The summed E-state index contributed by atoms with van der Waals surface area (Å²) in [4.78, 5) is 58.5. The van der Waals surface area contributed by atoms with E-state index >= 15 is 0 Å². The zero-order valence-electron chi connectivity index (χ0n) is 34.0. The molecule has 0 spiro atoms. The first-order valence-electron chi connectivity index (χ1n) is 18.0. The summed E-state index contributed by atoms with van der Waals surface area (Å²) >= 11 is 29.7. The summed E-state index contributed by atoms with van der Waals surface area (Å²) in [5, 5.41) is 30.0. The average molecular weight is 956 g/mol. The highest BCUT2D eigenvalue weighted by atomic mass is 35.5. The van der Waals surface area contributed by atoms with Crippen molar-refractivity contribution in [2.75, 3.05) is 11.1 Å². The van der Waals surface area contributed by atoms with Gasteiger partial charge in [0.1, 0.15) is 0 Å². The second kappa shape index (κ2) is 20.1. The molecule has 0 radical (unpaired) electrons. The van der Waals surface area contributed by atoms with E-state index in [-0.39, 0.29) is 26.7 Å². The summed E-state index contributed by atoms with van der Waals surface area (Å²) in [6, 6.07) is 12.8. The lowest BCUT2D eigenvalue weighted by Gasteiger charge is -2.08. The summed E-state index contributed by atoms with van der Waals surface area (Å²) < 4.78 is 4.76. The number of nitrogens with zero attached hydrogens (tertiary/aromatic N) is 9. The number of nitrogens with two attached hydrogens (primary N) is 2. The maximum Gasteiger partial charge on any atom is 0.338 e. The maximum atomic E-state index is 12.3. The van der Waals surface area contributed by atoms with Crippen LogP contribution < -0.4 is 22.1 Å². The number of anilines is 2. The standard InChI is InChI=1S/C16H13Cl2N5O2.C9H9ClN4O.C9H8ClN3O2.C6H6ClN/c1-8-12-13(18)11(7-19-14(12)23(2)22-8)15(24)21-16(25)20-10-5-3-9(17)4-6-10;1-4-6-7(10)5(8(11)15)3-12-9(6)14(2)13-4;1-4-6-7(10)5(9(14)15)3-11-8(6)13(2)12-4;7-5-1-3-6(8)4-2-5/h3-7H,1-2H3,(H2,20,21,24,25);3H,1-2H3,(H2,11,15);3H,1-2H3,(H,14,15);1-4H,8H2. The van der Waals surface area contributed by atoms with Crippen LogP contribution in [0.15, 0.2) is 67.1 Å². The van der Waals surface area contributed by atoms with Crippen LogP contribution in [0.5, 0.6) is 0 Å². The van der Waals surface area contributed by atoms with Crippen LogP contribution in [-0.2, 0) is 21.1 Å². The molecule has 8 aromatic rings. The first-order chi connectivity index (χ1) is 29.7. The lowest BCUT2D eigenvalue weighted by molar-refractivity contribution is 0.0696. The largest absolute Gasteiger partial charge is 0.478 e. The number of pyridine rings is 3.